The summed E-state index contributed by atoms with van der Waals surface area (Å²) in [6.45, 7) is 5.62. The molecule has 0 saturated heterocycles. The number of nitrogens with one attached hydrogen (secondary N) is 1. The number of benzene rings is 1. The van der Waals surface area contributed by atoms with Crippen molar-refractivity contribution >= 4 is 17.6 Å². The number of amides is 1. The molecule has 4 N–H and O–H groups in total. The maximum atomic E-state index is 12.2. The lowest BCUT2D eigenvalue weighted by atomic mass is 9.81. The Morgan fingerprint density at radius 3 is 2.30 bits per heavy atom. The van der Waals surface area contributed by atoms with Gasteiger partial charge in [-0.05, 0) is 43.0 Å². The third-order valence-corrected chi connectivity index (χ3v) is 3.66. The van der Waals surface area contributed by atoms with Crippen molar-refractivity contribution in [2.24, 2.45) is 5.41 Å². The Kier molecular flexibility index (Phi) is 5.13. The Morgan fingerprint density at radius 2 is 1.85 bits per heavy atom. The largest absolute Gasteiger partial charge is 0.480 e. The summed E-state index contributed by atoms with van der Waals surface area (Å²) in [5.74, 6) is -1.53. The van der Waals surface area contributed by atoms with Crippen LogP contribution < -0.4 is 11.1 Å². The number of nitrogens with two attached hydrogens (primary N) is 1. The summed E-state index contributed by atoms with van der Waals surface area (Å²) < 4.78 is 0. The van der Waals surface area contributed by atoms with Gasteiger partial charge >= 0.3 is 5.97 Å². The van der Waals surface area contributed by atoms with Gasteiger partial charge < -0.3 is 16.2 Å². The van der Waals surface area contributed by atoms with Gasteiger partial charge in [0.2, 0.25) is 5.91 Å². The van der Waals surface area contributed by atoms with Crippen molar-refractivity contribution in [1.29, 1.82) is 0 Å². The molecule has 0 bridgehead atoms. The van der Waals surface area contributed by atoms with Crippen molar-refractivity contribution in [2.75, 3.05) is 5.73 Å². The molecular formula is C15H22N2O3. The van der Waals surface area contributed by atoms with Gasteiger partial charge in [0.1, 0.15) is 5.41 Å². The fourth-order valence-corrected chi connectivity index (χ4v) is 2.32. The predicted octanol–water partition coefficient (Wildman–Crippen LogP) is 2.08. The topological polar surface area (TPSA) is 92.4 Å². The van der Waals surface area contributed by atoms with E-state index in [4.69, 9.17) is 5.73 Å². The van der Waals surface area contributed by atoms with Crippen LogP contribution in [0.1, 0.15) is 37.8 Å². The van der Waals surface area contributed by atoms with Crippen LogP contribution in [0.5, 0.6) is 0 Å². The lowest BCUT2D eigenvalue weighted by molar-refractivity contribution is -0.156. The highest BCUT2D eigenvalue weighted by molar-refractivity contribution is 6.01. The van der Waals surface area contributed by atoms with Gasteiger partial charge in [0.15, 0.2) is 0 Å². The molecule has 0 spiro atoms. The molecule has 0 aliphatic rings. The van der Waals surface area contributed by atoms with Crippen molar-refractivity contribution in [3.05, 3.63) is 29.3 Å². The van der Waals surface area contributed by atoms with E-state index in [-0.39, 0.29) is 19.4 Å². The van der Waals surface area contributed by atoms with Crippen molar-refractivity contribution in [3.63, 3.8) is 0 Å². The van der Waals surface area contributed by atoms with Gasteiger partial charge in [-0.2, -0.15) is 0 Å². The summed E-state index contributed by atoms with van der Waals surface area (Å²) in [4.78, 5) is 23.6. The average molecular weight is 278 g/mol. The maximum absolute atomic E-state index is 12.2. The Labute approximate surface area is 119 Å². The molecule has 1 aromatic rings. The minimum Gasteiger partial charge on any atom is -0.480 e. The number of carboxylic acid groups (broad SMARTS) is 1. The zero-order chi connectivity index (χ0) is 15.3. The number of carbonyl (C=O) groups is 2. The van der Waals surface area contributed by atoms with Crippen molar-refractivity contribution in [2.45, 2.75) is 40.2 Å². The smallest absolute Gasteiger partial charge is 0.319 e. The van der Waals surface area contributed by atoms with Gasteiger partial charge in [0.25, 0.3) is 0 Å². The zero-order valence-electron chi connectivity index (χ0n) is 12.2. The number of nitrogen functional groups attached to an aromatic ring is 1. The standard InChI is InChI=1S/C15H22N2O3/c1-4-15(5-2,14(19)20)13(18)17-9-11-6-10(3)7-12(16)8-11/h6-8H,4-5,9,16H2,1-3H3,(H,17,18)(H,19,20). The van der Waals surface area contributed by atoms with E-state index in [1.165, 1.54) is 0 Å². The molecule has 0 aliphatic heterocycles. The first-order valence-electron chi connectivity index (χ1n) is 6.73. The Balaban J connectivity index is 2.82. The number of hydrogen-bond donors (Lipinski definition) is 3. The fraction of sp³-hybridized carbons (Fsp3) is 0.467. The number of hydrogen-bond acceptors (Lipinski definition) is 3. The van der Waals surface area contributed by atoms with Gasteiger partial charge in [-0.15, -0.1) is 0 Å². The Bertz CT molecular complexity index is 488. The Hall–Kier alpha value is -2.04. The molecule has 0 fully saturated rings. The number of aliphatic carboxylic acids is 1. The van der Waals surface area contributed by atoms with E-state index in [0.29, 0.717) is 5.69 Å². The molecule has 1 amide bonds. The van der Waals surface area contributed by atoms with Crippen LogP contribution in [0.25, 0.3) is 0 Å². The number of carbonyl (C=O) groups excluding carboxylic acids is 1. The zero-order valence-corrected chi connectivity index (χ0v) is 12.2. The molecule has 0 atom stereocenters. The molecule has 0 aliphatic carbocycles. The second-order valence-corrected chi connectivity index (χ2v) is 5.03. The monoisotopic (exact) mass is 278 g/mol. The first-order valence-corrected chi connectivity index (χ1v) is 6.73. The predicted molar refractivity (Wildman–Crippen MR) is 78.1 cm³/mol. The van der Waals surface area contributed by atoms with Crippen LogP contribution >= 0.6 is 0 Å². The SMILES string of the molecule is CCC(CC)(C(=O)O)C(=O)NCc1cc(C)cc(N)c1. The van der Waals surface area contributed by atoms with E-state index >= 15 is 0 Å². The molecule has 110 valence electrons. The number of rotatable bonds is 6. The molecule has 20 heavy (non-hydrogen) atoms. The molecule has 1 aromatic carbocycles. The quantitative estimate of drug-likeness (QED) is 0.548. The van der Waals surface area contributed by atoms with Crippen LogP contribution in [0.3, 0.4) is 0 Å². The number of carboxylic acids is 1. The van der Waals surface area contributed by atoms with Gasteiger partial charge in [0.05, 0.1) is 0 Å². The summed E-state index contributed by atoms with van der Waals surface area (Å²) in [6, 6.07) is 5.52. The molecular weight excluding hydrogens is 256 g/mol. The molecule has 0 radical (unpaired) electrons. The summed E-state index contributed by atoms with van der Waals surface area (Å²) in [5.41, 5.74) is 6.89. The van der Waals surface area contributed by atoms with Crippen LogP contribution in [0.15, 0.2) is 18.2 Å². The van der Waals surface area contributed by atoms with E-state index in [1.54, 1.807) is 19.9 Å². The fourth-order valence-electron chi connectivity index (χ4n) is 2.32. The third kappa shape index (κ3) is 3.29. The van der Waals surface area contributed by atoms with E-state index in [1.807, 2.05) is 19.1 Å². The van der Waals surface area contributed by atoms with Crippen LogP contribution in [0.2, 0.25) is 0 Å². The van der Waals surface area contributed by atoms with E-state index in [9.17, 15) is 14.7 Å². The maximum Gasteiger partial charge on any atom is 0.319 e. The van der Waals surface area contributed by atoms with Gasteiger partial charge in [-0.25, -0.2) is 0 Å². The molecule has 0 heterocycles. The molecule has 0 unspecified atom stereocenters. The molecule has 0 aromatic heterocycles. The summed E-state index contributed by atoms with van der Waals surface area (Å²) in [6.07, 6.45) is 0.529. The molecule has 5 heteroatoms. The second kappa shape index (κ2) is 6.41. The normalized spacial score (nSPS) is 11.2. The third-order valence-electron chi connectivity index (χ3n) is 3.66. The summed E-state index contributed by atoms with van der Waals surface area (Å²) >= 11 is 0. The van der Waals surface area contributed by atoms with Gasteiger partial charge in [-0.3, -0.25) is 9.59 Å². The highest BCUT2D eigenvalue weighted by atomic mass is 16.4. The first kappa shape index (κ1) is 16.0. The van der Waals surface area contributed by atoms with E-state index in [2.05, 4.69) is 5.32 Å². The van der Waals surface area contributed by atoms with E-state index < -0.39 is 17.3 Å². The summed E-state index contributed by atoms with van der Waals surface area (Å²) in [5, 5.41) is 12.0. The van der Waals surface area contributed by atoms with Gasteiger partial charge in [0, 0.05) is 12.2 Å². The lowest BCUT2D eigenvalue weighted by Crippen LogP contribution is -2.45. The second-order valence-electron chi connectivity index (χ2n) is 5.03. The van der Waals surface area contributed by atoms with Crippen LogP contribution in [0.4, 0.5) is 5.69 Å². The van der Waals surface area contributed by atoms with Crippen molar-refractivity contribution in [3.8, 4) is 0 Å². The summed E-state index contributed by atoms with van der Waals surface area (Å²) in [7, 11) is 0. The van der Waals surface area contributed by atoms with Crippen LogP contribution in [-0.4, -0.2) is 17.0 Å². The number of anilines is 1. The minimum absolute atomic E-state index is 0.265. The average Bonchev–Trinajstić information content (AvgIpc) is 2.37. The van der Waals surface area contributed by atoms with Gasteiger partial charge in [-0.1, -0.05) is 19.9 Å². The molecule has 1 rings (SSSR count). The molecule has 0 saturated carbocycles. The number of aryl methyl sites for hydroxylation is 1. The highest BCUT2D eigenvalue weighted by Crippen LogP contribution is 2.27. The van der Waals surface area contributed by atoms with Crippen molar-refractivity contribution in [1.82, 2.24) is 5.32 Å². The van der Waals surface area contributed by atoms with Crippen LogP contribution in [0, 0.1) is 12.3 Å². The van der Waals surface area contributed by atoms with Crippen LogP contribution in [-0.2, 0) is 16.1 Å². The van der Waals surface area contributed by atoms with E-state index in [0.717, 1.165) is 11.1 Å². The minimum atomic E-state index is -1.35. The first-order chi connectivity index (χ1) is 9.35. The Morgan fingerprint density at radius 1 is 1.25 bits per heavy atom. The van der Waals surface area contributed by atoms with Crippen molar-refractivity contribution < 1.29 is 14.7 Å². The lowest BCUT2D eigenvalue weighted by Gasteiger charge is -2.25. The highest BCUT2D eigenvalue weighted by Gasteiger charge is 2.42. The molecule has 5 nitrogen and oxygen atoms in total.